The summed E-state index contributed by atoms with van der Waals surface area (Å²) < 4.78 is 12.3. The van der Waals surface area contributed by atoms with E-state index in [1.807, 2.05) is 11.8 Å². The molecule has 1 aromatic carbocycles. The molecule has 1 aliphatic rings. The lowest BCUT2D eigenvalue weighted by atomic mass is 10.1. The minimum atomic E-state index is -0.575. The summed E-state index contributed by atoms with van der Waals surface area (Å²) in [6.07, 6.45) is 4.98. The summed E-state index contributed by atoms with van der Waals surface area (Å²) in [5.74, 6) is -0.522. The van der Waals surface area contributed by atoms with E-state index in [9.17, 15) is 19.7 Å². The van der Waals surface area contributed by atoms with Crippen LogP contribution in [0, 0.1) is 10.1 Å². The lowest BCUT2D eigenvalue weighted by Crippen LogP contribution is -2.40. The van der Waals surface area contributed by atoms with Gasteiger partial charge in [0, 0.05) is 38.7 Å². The Balaban J connectivity index is 1.60. The number of ether oxygens (including phenoxy) is 1. The van der Waals surface area contributed by atoms with Crippen molar-refractivity contribution in [2.75, 3.05) is 19.7 Å². The Bertz CT molecular complexity index is 913. The lowest BCUT2D eigenvalue weighted by molar-refractivity contribution is -0.384. The van der Waals surface area contributed by atoms with Crippen LogP contribution in [0.4, 0.5) is 5.69 Å². The molecule has 3 rings (SSSR count). The van der Waals surface area contributed by atoms with Crippen molar-refractivity contribution in [2.45, 2.75) is 58.1 Å². The van der Waals surface area contributed by atoms with Crippen LogP contribution in [0.5, 0.6) is 0 Å². The number of carbonyl (C=O) groups excluding carboxylic acids is 1. The van der Waals surface area contributed by atoms with Crippen LogP contribution in [0.25, 0.3) is 11.1 Å². The van der Waals surface area contributed by atoms with Crippen molar-refractivity contribution in [1.29, 1.82) is 0 Å². The second kappa shape index (κ2) is 9.69. The predicted molar refractivity (Wildman–Crippen MR) is 107 cm³/mol. The van der Waals surface area contributed by atoms with Gasteiger partial charge >= 0.3 is 5.76 Å². The molecule has 0 saturated carbocycles. The number of benzene rings is 1. The molecule has 1 atom stereocenters. The number of aryl methyl sites for hydroxylation is 1. The van der Waals surface area contributed by atoms with Crippen LogP contribution in [-0.4, -0.2) is 46.1 Å². The highest BCUT2D eigenvalue weighted by molar-refractivity contribution is 5.77. The van der Waals surface area contributed by atoms with E-state index in [-0.39, 0.29) is 23.3 Å². The Hall–Kier alpha value is -2.68. The van der Waals surface area contributed by atoms with Crippen molar-refractivity contribution in [2.24, 2.45) is 0 Å². The molecule has 2 heterocycles. The highest BCUT2D eigenvalue weighted by Gasteiger charge is 2.21. The molecule has 1 saturated heterocycles. The molecular weight excluding hydrogens is 378 g/mol. The third kappa shape index (κ3) is 5.23. The van der Waals surface area contributed by atoms with Crippen LogP contribution in [0.15, 0.2) is 27.4 Å². The number of hydrogen-bond donors (Lipinski definition) is 0. The third-order valence-corrected chi connectivity index (χ3v) is 5.18. The van der Waals surface area contributed by atoms with Gasteiger partial charge in [0.05, 0.1) is 22.6 Å². The zero-order valence-corrected chi connectivity index (χ0v) is 16.7. The molecule has 0 spiro atoms. The van der Waals surface area contributed by atoms with Crippen molar-refractivity contribution >= 4 is 22.7 Å². The second-order valence-corrected chi connectivity index (χ2v) is 7.36. The molecule has 1 aliphatic heterocycles. The molecule has 0 N–H and O–H groups in total. The Morgan fingerprint density at radius 1 is 1.38 bits per heavy atom. The number of oxazole rings is 1. The average Bonchev–Trinajstić information content (AvgIpc) is 3.02. The van der Waals surface area contributed by atoms with Crippen LogP contribution < -0.4 is 5.76 Å². The zero-order chi connectivity index (χ0) is 20.8. The Morgan fingerprint density at radius 2 is 2.21 bits per heavy atom. The molecule has 2 aromatic rings. The van der Waals surface area contributed by atoms with E-state index in [1.54, 1.807) is 0 Å². The molecule has 29 heavy (non-hydrogen) atoms. The van der Waals surface area contributed by atoms with Crippen LogP contribution >= 0.6 is 0 Å². The van der Waals surface area contributed by atoms with Crippen LogP contribution in [0.3, 0.4) is 0 Å². The van der Waals surface area contributed by atoms with Crippen molar-refractivity contribution in [3.8, 4) is 0 Å². The molecule has 1 unspecified atom stereocenters. The van der Waals surface area contributed by atoms with Gasteiger partial charge in [0.15, 0.2) is 5.58 Å². The molecule has 1 aromatic heterocycles. The Labute approximate surface area is 168 Å². The summed E-state index contributed by atoms with van der Waals surface area (Å²) in [6, 6.07) is 4.08. The van der Waals surface area contributed by atoms with Gasteiger partial charge in [-0.3, -0.25) is 19.5 Å². The molecule has 9 heteroatoms. The highest BCUT2D eigenvalue weighted by Crippen LogP contribution is 2.20. The number of non-ortho nitro benzene ring substituents is 1. The van der Waals surface area contributed by atoms with Crippen LogP contribution in [0.2, 0.25) is 0 Å². The molecule has 0 radical (unpaired) electrons. The minimum absolute atomic E-state index is 0.0533. The Morgan fingerprint density at radius 3 is 2.90 bits per heavy atom. The van der Waals surface area contributed by atoms with E-state index >= 15 is 0 Å². The number of nitro groups is 1. The first-order valence-corrected chi connectivity index (χ1v) is 10.2. The largest absolute Gasteiger partial charge is 0.419 e. The van der Waals surface area contributed by atoms with Gasteiger partial charge in [0.25, 0.3) is 5.69 Å². The maximum Gasteiger partial charge on any atom is 0.419 e. The van der Waals surface area contributed by atoms with Crippen molar-refractivity contribution < 1.29 is 18.9 Å². The first kappa shape index (κ1) is 21.0. The monoisotopic (exact) mass is 405 g/mol. The number of amides is 1. The third-order valence-electron chi connectivity index (χ3n) is 5.18. The van der Waals surface area contributed by atoms with Crippen molar-refractivity contribution in [1.82, 2.24) is 9.47 Å². The van der Waals surface area contributed by atoms with Gasteiger partial charge in [0.2, 0.25) is 5.91 Å². The van der Waals surface area contributed by atoms with Crippen LogP contribution in [-0.2, 0) is 16.1 Å². The summed E-state index contributed by atoms with van der Waals surface area (Å²) >= 11 is 0. The van der Waals surface area contributed by atoms with Crippen LogP contribution in [0.1, 0.15) is 45.4 Å². The molecule has 1 amide bonds. The Kier molecular flexibility index (Phi) is 7.03. The van der Waals surface area contributed by atoms with Gasteiger partial charge in [-0.1, -0.05) is 6.92 Å². The van der Waals surface area contributed by atoms with E-state index in [1.165, 1.54) is 22.8 Å². The molecule has 9 nitrogen and oxygen atoms in total. The summed E-state index contributed by atoms with van der Waals surface area (Å²) in [5.41, 5.74) is 0.542. The van der Waals surface area contributed by atoms with Crippen molar-refractivity contribution in [3.05, 3.63) is 38.9 Å². The van der Waals surface area contributed by atoms with Gasteiger partial charge in [-0.15, -0.1) is 0 Å². The quantitative estimate of drug-likeness (QED) is 0.469. The number of aromatic nitrogens is 1. The van der Waals surface area contributed by atoms with E-state index in [4.69, 9.17) is 9.15 Å². The smallest absolute Gasteiger partial charge is 0.407 e. The SMILES string of the molecule is CCCN(CC1CCCCO1)C(=O)CCCn1c(=O)oc2cc([N+](=O)[O-])ccc21. The molecule has 0 aliphatic carbocycles. The van der Waals surface area contributed by atoms with Crippen molar-refractivity contribution in [3.63, 3.8) is 0 Å². The maximum absolute atomic E-state index is 12.7. The number of fused-ring (bicyclic) bond motifs is 1. The normalized spacial score (nSPS) is 16.8. The number of carbonyl (C=O) groups is 1. The van der Waals surface area contributed by atoms with Gasteiger partial charge in [-0.25, -0.2) is 4.79 Å². The van der Waals surface area contributed by atoms with Gasteiger partial charge in [-0.2, -0.15) is 0 Å². The number of hydrogen-bond acceptors (Lipinski definition) is 6. The summed E-state index contributed by atoms with van der Waals surface area (Å²) in [5, 5.41) is 10.9. The van der Waals surface area contributed by atoms with E-state index in [2.05, 4.69) is 0 Å². The van der Waals surface area contributed by atoms with E-state index < -0.39 is 10.7 Å². The number of nitrogens with zero attached hydrogens (tertiary/aromatic N) is 3. The molecule has 1 fully saturated rings. The standard InChI is InChI=1S/C20H27N3O6/c1-2-10-21(14-16-6-3-4-12-28-16)19(24)7-5-11-22-17-9-8-15(23(26)27)13-18(17)29-20(22)25/h8-9,13,16H,2-7,10-12,14H2,1H3. The summed E-state index contributed by atoms with van der Waals surface area (Å²) in [7, 11) is 0. The summed E-state index contributed by atoms with van der Waals surface area (Å²) in [6.45, 7) is 4.42. The maximum atomic E-state index is 12.7. The molecule has 158 valence electrons. The second-order valence-electron chi connectivity index (χ2n) is 7.36. The fraction of sp³-hybridized carbons (Fsp3) is 0.600. The minimum Gasteiger partial charge on any atom is -0.407 e. The van der Waals surface area contributed by atoms with Gasteiger partial charge in [-0.05, 0) is 38.2 Å². The highest BCUT2D eigenvalue weighted by atomic mass is 16.6. The zero-order valence-electron chi connectivity index (χ0n) is 16.7. The average molecular weight is 405 g/mol. The molecule has 0 bridgehead atoms. The fourth-order valence-corrected chi connectivity index (χ4v) is 3.71. The van der Waals surface area contributed by atoms with E-state index in [0.29, 0.717) is 38.0 Å². The van der Waals surface area contributed by atoms with Gasteiger partial charge < -0.3 is 14.1 Å². The predicted octanol–water partition coefficient (Wildman–Crippen LogP) is 3.09. The first-order valence-electron chi connectivity index (χ1n) is 10.2. The number of nitro benzene ring substituents is 1. The lowest BCUT2D eigenvalue weighted by Gasteiger charge is -2.30. The topological polar surface area (TPSA) is 108 Å². The summed E-state index contributed by atoms with van der Waals surface area (Å²) in [4.78, 5) is 37.0. The number of rotatable bonds is 9. The fourth-order valence-electron chi connectivity index (χ4n) is 3.71. The first-order chi connectivity index (χ1) is 14.0. The molecular formula is C20H27N3O6. The van der Waals surface area contributed by atoms with E-state index in [0.717, 1.165) is 32.3 Å². The van der Waals surface area contributed by atoms with Gasteiger partial charge in [0.1, 0.15) is 0 Å².